The van der Waals surface area contributed by atoms with Gasteiger partial charge in [-0.05, 0) is 27.9 Å². The highest BCUT2D eigenvalue weighted by molar-refractivity contribution is 7.91. The van der Waals surface area contributed by atoms with E-state index in [1.165, 1.54) is 0 Å². The molecule has 118 valence electrons. The molecule has 0 aliphatic carbocycles. The molecule has 1 aromatic rings. The summed E-state index contributed by atoms with van der Waals surface area (Å²) in [6.45, 7) is 6.18. The summed E-state index contributed by atoms with van der Waals surface area (Å²) in [7, 11) is 0.428. The fourth-order valence-electron chi connectivity index (χ4n) is 1.54. The van der Waals surface area contributed by atoms with Crippen LogP contribution in [0.5, 0.6) is 0 Å². The number of nitrogens with two attached hydrogens (primary N) is 1. The SMILES string of the molecule is CCS(=O)(=O)c1c(NCC(C)(C)N(C)C)sc(C#N)c1N. The van der Waals surface area contributed by atoms with Gasteiger partial charge in [-0.2, -0.15) is 5.26 Å². The maximum atomic E-state index is 12.2. The molecule has 1 rings (SSSR count). The van der Waals surface area contributed by atoms with Crippen molar-refractivity contribution >= 4 is 31.9 Å². The number of thiophene rings is 1. The van der Waals surface area contributed by atoms with Crippen molar-refractivity contribution in [3.8, 4) is 6.07 Å². The van der Waals surface area contributed by atoms with E-state index in [2.05, 4.69) is 5.32 Å². The van der Waals surface area contributed by atoms with Crippen molar-refractivity contribution in [1.29, 1.82) is 5.26 Å². The highest BCUT2D eigenvalue weighted by Crippen LogP contribution is 2.39. The molecule has 1 heterocycles. The molecule has 1 aromatic heterocycles. The van der Waals surface area contributed by atoms with Gasteiger partial charge in [0.25, 0.3) is 0 Å². The Morgan fingerprint density at radius 3 is 2.43 bits per heavy atom. The molecular formula is C13H22N4O2S2. The Labute approximate surface area is 130 Å². The average molecular weight is 330 g/mol. The molecule has 0 saturated heterocycles. The molecule has 3 N–H and O–H groups in total. The van der Waals surface area contributed by atoms with Gasteiger partial charge in [-0.3, -0.25) is 0 Å². The predicted octanol–water partition coefficient (Wildman–Crippen LogP) is 1.75. The second-order valence-electron chi connectivity index (χ2n) is 5.58. The predicted molar refractivity (Wildman–Crippen MR) is 87.4 cm³/mol. The topological polar surface area (TPSA) is 99.2 Å². The van der Waals surface area contributed by atoms with Crippen LogP contribution in [0.1, 0.15) is 25.6 Å². The van der Waals surface area contributed by atoms with Crippen LogP contribution in [0.4, 0.5) is 10.7 Å². The molecule has 8 heteroatoms. The van der Waals surface area contributed by atoms with Gasteiger partial charge >= 0.3 is 0 Å². The molecule has 0 unspecified atom stereocenters. The quantitative estimate of drug-likeness (QED) is 0.824. The Hall–Kier alpha value is -1.30. The summed E-state index contributed by atoms with van der Waals surface area (Å²) < 4.78 is 24.4. The molecule has 0 aliphatic heterocycles. The first-order valence-electron chi connectivity index (χ1n) is 6.53. The van der Waals surface area contributed by atoms with Gasteiger partial charge in [0.1, 0.15) is 20.8 Å². The van der Waals surface area contributed by atoms with Crippen LogP contribution in [0.2, 0.25) is 0 Å². The molecule has 6 nitrogen and oxygen atoms in total. The number of hydrogen-bond acceptors (Lipinski definition) is 7. The average Bonchev–Trinajstić information content (AvgIpc) is 2.73. The Balaban J connectivity index is 3.23. The van der Waals surface area contributed by atoms with Crippen molar-refractivity contribution in [1.82, 2.24) is 4.90 Å². The second-order valence-corrected chi connectivity index (χ2v) is 8.81. The van der Waals surface area contributed by atoms with Crippen molar-refractivity contribution in [3.05, 3.63) is 4.88 Å². The van der Waals surface area contributed by atoms with Gasteiger partial charge in [0.2, 0.25) is 0 Å². The van der Waals surface area contributed by atoms with E-state index in [0.717, 1.165) is 11.3 Å². The number of likely N-dealkylation sites (N-methyl/N-ethyl adjacent to an activating group) is 1. The molecule has 0 radical (unpaired) electrons. The Morgan fingerprint density at radius 1 is 1.43 bits per heavy atom. The summed E-state index contributed by atoms with van der Waals surface area (Å²) >= 11 is 1.09. The largest absolute Gasteiger partial charge is 0.396 e. The third-order valence-corrected chi connectivity index (χ3v) is 6.59. The van der Waals surface area contributed by atoms with E-state index in [1.807, 2.05) is 38.9 Å². The minimum absolute atomic E-state index is 0.0505. The third kappa shape index (κ3) is 3.67. The number of nitrogens with one attached hydrogen (secondary N) is 1. The van der Waals surface area contributed by atoms with E-state index in [1.54, 1.807) is 6.92 Å². The normalized spacial score (nSPS) is 12.4. The van der Waals surface area contributed by atoms with Gasteiger partial charge in [-0.1, -0.05) is 6.92 Å². The lowest BCUT2D eigenvalue weighted by Gasteiger charge is -2.32. The first kappa shape index (κ1) is 17.8. The highest BCUT2D eigenvalue weighted by Gasteiger charge is 2.28. The maximum Gasteiger partial charge on any atom is 0.183 e. The van der Waals surface area contributed by atoms with Crippen molar-refractivity contribution in [2.45, 2.75) is 31.2 Å². The van der Waals surface area contributed by atoms with Crippen molar-refractivity contribution in [2.75, 3.05) is 37.4 Å². The summed E-state index contributed by atoms with van der Waals surface area (Å²) in [5, 5.41) is 12.6. The van der Waals surface area contributed by atoms with Gasteiger partial charge in [-0.25, -0.2) is 8.42 Å². The van der Waals surface area contributed by atoms with Crippen molar-refractivity contribution < 1.29 is 8.42 Å². The molecular weight excluding hydrogens is 308 g/mol. The Kier molecular flexibility index (Phi) is 5.25. The van der Waals surface area contributed by atoms with E-state index in [-0.39, 0.29) is 26.8 Å². The lowest BCUT2D eigenvalue weighted by molar-refractivity contribution is 0.210. The second kappa shape index (κ2) is 6.22. The Bertz CT molecular complexity index is 654. The number of nitriles is 1. The van der Waals surface area contributed by atoms with E-state index in [9.17, 15) is 8.42 Å². The van der Waals surface area contributed by atoms with Crippen LogP contribution in [-0.2, 0) is 9.84 Å². The summed E-state index contributed by atoms with van der Waals surface area (Å²) in [6.07, 6.45) is 0. The molecule has 0 amide bonds. The number of hydrogen-bond donors (Lipinski definition) is 2. The van der Waals surface area contributed by atoms with Crippen LogP contribution in [-0.4, -0.2) is 45.2 Å². The summed E-state index contributed by atoms with van der Waals surface area (Å²) in [4.78, 5) is 2.32. The number of nitrogen functional groups attached to an aromatic ring is 1. The summed E-state index contributed by atoms with van der Waals surface area (Å²) in [6, 6.07) is 1.95. The van der Waals surface area contributed by atoms with Crippen LogP contribution in [0, 0.1) is 11.3 Å². The zero-order chi connectivity index (χ0) is 16.4. The third-order valence-electron chi connectivity index (χ3n) is 3.58. The molecule has 0 spiro atoms. The molecule has 0 bridgehead atoms. The minimum Gasteiger partial charge on any atom is -0.396 e. The van der Waals surface area contributed by atoms with Gasteiger partial charge in [0.05, 0.1) is 11.4 Å². The van der Waals surface area contributed by atoms with Gasteiger partial charge in [-0.15, -0.1) is 11.3 Å². The highest BCUT2D eigenvalue weighted by atomic mass is 32.2. The lowest BCUT2D eigenvalue weighted by Crippen LogP contribution is -2.44. The molecule has 0 atom stereocenters. The fourth-order valence-corrected chi connectivity index (χ4v) is 4.00. The lowest BCUT2D eigenvalue weighted by atomic mass is 10.0. The van der Waals surface area contributed by atoms with Crippen LogP contribution in [0.15, 0.2) is 4.90 Å². The van der Waals surface area contributed by atoms with Crippen molar-refractivity contribution in [3.63, 3.8) is 0 Å². The summed E-state index contributed by atoms with van der Waals surface area (Å²) in [5.74, 6) is -0.0510. The van der Waals surface area contributed by atoms with Crippen LogP contribution < -0.4 is 11.1 Å². The van der Waals surface area contributed by atoms with E-state index >= 15 is 0 Å². The van der Waals surface area contributed by atoms with E-state index in [0.29, 0.717) is 11.5 Å². The van der Waals surface area contributed by atoms with Gasteiger partial charge in [0.15, 0.2) is 9.84 Å². The van der Waals surface area contributed by atoms with Gasteiger partial charge in [0, 0.05) is 12.1 Å². The van der Waals surface area contributed by atoms with E-state index < -0.39 is 9.84 Å². The summed E-state index contributed by atoms with van der Waals surface area (Å²) in [5.41, 5.74) is 5.72. The fraction of sp³-hybridized carbons (Fsp3) is 0.615. The zero-order valence-electron chi connectivity index (χ0n) is 13.0. The van der Waals surface area contributed by atoms with Gasteiger partial charge < -0.3 is 16.0 Å². The monoisotopic (exact) mass is 330 g/mol. The smallest absolute Gasteiger partial charge is 0.183 e. The molecule has 0 saturated carbocycles. The van der Waals surface area contributed by atoms with Crippen molar-refractivity contribution in [2.24, 2.45) is 0 Å². The van der Waals surface area contributed by atoms with Crippen LogP contribution >= 0.6 is 11.3 Å². The number of anilines is 2. The van der Waals surface area contributed by atoms with Crippen LogP contribution in [0.3, 0.4) is 0 Å². The van der Waals surface area contributed by atoms with Crippen LogP contribution in [0.25, 0.3) is 0 Å². The standard InChI is InChI=1S/C13H22N4O2S2/c1-6-21(18,19)11-10(15)9(7-14)20-12(11)16-8-13(2,3)17(4)5/h16H,6,8,15H2,1-5H3. The minimum atomic E-state index is -3.48. The maximum absolute atomic E-state index is 12.2. The molecule has 0 aliphatic rings. The zero-order valence-corrected chi connectivity index (χ0v) is 14.7. The first-order valence-corrected chi connectivity index (χ1v) is 9.00. The number of nitrogens with zero attached hydrogens (tertiary/aromatic N) is 2. The molecule has 21 heavy (non-hydrogen) atoms. The molecule has 0 fully saturated rings. The Morgan fingerprint density at radius 2 is 2.00 bits per heavy atom. The number of rotatable bonds is 6. The first-order chi connectivity index (χ1) is 9.56. The number of sulfone groups is 1. The molecule has 0 aromatic carbocycles. The van der Waals surface area contributed by atoms with E-state index in [4.69, 9.17) is 11.0 Å².